The van der Waals surface area contributed by atoms with Crippen molar-refractivity contribution < 1.29 is 4.79 Å². The first kappa shape index (κ1) is 13.8. The molecule has 0 saturated carbocycles. The molecule has 1 aliphatic heterocycles. The van der Waals surface area contributed by atoms with Crippen molar-refractivity contribution in [2.75, 3.05) is 6.54 Å². The molecular weight excluding hydrogens is 264 g/mol. The summed E-state index contributed by atoms with van der Waals surface area (Å²) >= 11 is 0. The number of amides is 1. The van der Waals surface area contributed by atoms with Gasteiger partial charge in [-0.1, -0.05) is 44.2 Å². The smallest absolute Gasteiger partial charge is 0.220 e. The lowest BCUT2D eigenvalue weighted by Gasteiger charge is -2.36. The van der Waals surface area contributed by atoms with Crippen LogP contribution in [0.2, 0.25) is 0 Å². The van der Waals surface area contributed by atoms with Crippen LogP contribution >= 0.6 is 0 Å². The van der Waals surface area contributed by atoms with Crippen LogP contribution in [-0.4, -0.2) is 32.1 Å². The number of fused-ring (bicyclic) bond motifs is 1. The van der Waals surface area contributed by atoms with Crippen LogP contribution in [0.4, 0.5) is 0 Å². The Kier molecular flexibility index (Phi) is 3.49. The molecule has 5 nitrogen and oxygen atoms in total. The lowest BCUT2D eigenvalue weighted by Crippen LogP contribution is -2.43. The highest BCUT2D eigenvalue weighted by Gasteiger charge is 2.34. The van der Waals surface area contributed by atoms with Gasteiger partial charge in [-0.3, -0.25) is 4.79 Å². The summed E-state index contributed by atoms with van der Waals surface area (Å²) in [6.07, 6.45) is 0. The Bertz CT molecular complexity index is 648. The van der Waals surface area contributed by atoms with Gasteiger partial charge in [-0.15, -0.1) is 0 Å². The van der Waals surface area contributed by atoms with E-state index in [1.165, 1.54) is 0 Å². The van der Waals surface area contributed by atoms with Crippen molar-refractivity contribution in [1.82, 2.24) is 19.7 Å². The number of hydrogen-bond donors (Lipinski definition) is 0. The third kappa shape index (κ3) is 2.44. The second kappa shape index (κ2) is 5.31. The SMILES string of the molecule is CC(=O)N1CCn2nc(-c3ccccc3)nc2[C@@H]1C(C)C. The van der Waals surface area contributed by atoms with Gasteiger partial charge in [0.25, 0.3) is 0 Å². The van der Waals surface area contributed by atoms with Crippen LogP contribution in [0.25, 0.3) is 11.4 Å². The molecule has 21 heavy (non-hydrogen) atoms. The van der Waals surface area contributed by atoms with Crippen LogP contribution in [0.5, 0.6) is 0 Å². The lowest BCUT2D eigenvalue weighted by atomic mass is 10.00. The predicted molar refractivity (Wildman–Crippen MR) is 80.4 cm³/mol. The molecule has 0 fully saturated rings. The Labute approximate surface area is 124 Å². The highest BCUT2D eigenvalue weighted by Crippen LogP contribution is 2.32. The number of benzene rings is 1. The fourth-order valence-corrected chi connectivity index (χ4v) is 2.94. The monoisotopic (exact) mass is 284 g/mol. The van der Waals surface area contributed by atoms with E-state index >= 15 is 0 Å². The van der Waals surface area contributed by atoms with Gasteiger partial charge in [0.2, 0.25) is 5.91 Å². The van der Waals surface area contributed by atoms with Gasteiger partial charge in [0.05, 0.1) is 12.6 Å². The Balaban J connectivity index is 2.04. The maximum atomic E-state index is 11.9. The summed E-state index contributed by atoms with van der Waals surface area (Å²) in [7, 11) is 0. The van der Waals surface area contributed by atoms with Crippen LogP contribution in [-0.2, 0) is 11.3 Å². The van der Waals surface area contributed by atoms with Crippen LogP contribution in [0.15, 0.2) is 30.3 Å². The van der Waals surface area contributed by atoms with E-state index < -0.39 is 0 Å². The second-order valence-corrected chi connectivity index (χ2v) is 5.78. The molecule has 110 valence electrons. The third-order valence-corrected chi connectivity index (χ3v) is 3.92. The highest BCUT2D eigenvalue weighted by atomic mass is 16.2. The van der Waals surface area contributed by atoms with Gasteiger partial charge >= 0.3 is 0 Å². The molecule has 1 amide bonds. The van der Waals surface area contributed by atoms with Gasteiger partial charge in [0.1, 0.15) is 0 Å². The van der Waals surface area contributed by atoms with Crippen molar-refractivity contribution in [1.29, 1.82) is 0 Å². The molecular formula is C16H20N4O. The first-order chi connectivity index (χ1) is 10.1. The van der Waals surface area contributed by atoms with Crippen molar-refractivity contribution in [3.63, 3.8) is 0 Å². The Morgan fingerprint density at radius 2 is 1.95 bits per heavy atom. The van der Waals surface area contributed by atoms with Gasteiger partial charge < -0.3 is 4.90 Å². The maximum Gasteiger partial charge on any atom is 0.220 e. The summed E-state index contributed by atoms with van der Waals surface area (Å²) in [4.78, 5) is 18.5. The molecule has 3 rings (SSSR count). The quantitative estimate of drug-likeness (QED) is 0.851. The van der Waals surface area contributed by atoms with Crippen molar-refractivity contribution in [2.24, 2.45) is 5.92 Å². The molecule has 2 aromatic rings. The normalized spacial score (nSPS) is 17.9. The number of carbonyl (C=O) groups is 1. The topological polar surface area (TPSA) is 51.0 Å². The first-order valence-corrected chi connectivity index (χ1v) is 7.35. The van der Waals surface area contributed by atoms with E-state index in [2.05, 4.69) is 18.9 Å². The van der Waals surface area contributed by atoms with Gasteiger partial charge in [0.15, 0.2) is 11.6 Å². The molecule has 1 aromatic carbocycles. The summed E-state index contributed by atoms with van der Waals surface area (Å²) in [5.74, 6) is 2.04. The number of aromatic nitrogens is 3. The third-order valence-electron chi connectivity index (χ3n) is 3.92. The van der Waals surface area contributed by atoms with Crippen LogP contribution in [0.1, 0.15) is 32.6 Å². The zero-order valence-corrected chi connectivity index (χ0v) is 12.7. The summed E-state index contributed by atoms with van der Waals surface area (Å²) in [5.41, 5.74) is 1.01. The van der Waals surface area contributed by atoms with Crippen LogP contribution in [0.3, 0.4) is 0 Å². The average molecular weight is 284 g/mol. The van der Waals surface area contributed by atoms with Gasteiger partial charge in [-0.05, 0) is 5.92 Å². The molecule has 1 aliphatic rings. The number of nitrogens with zero attached hydrogens (tertiary/aromatic N) is 4. The van der Waals surface area contributed by atoms with E-state index in [9.17, 15) is 4.79 Å². The Morgan fingerprint density at radius 3 is 2.57 bits per heavy atom. The van der Waals surface area contributed by atoms with Gasteiger partial charge in [-0.2, -0.15) is 5.10 Å². The Morgan fingerprint density at radius 1 is 1.24 bits per heavy atom. The molecule has 0 radical (unpaired) electrons. The van der Waals surface area contributed by atoms with E-state index in [-0.39, 0.29) is 11.9 Å². The maximum absolute atomic E-state index is 11.9. The summed E-state index contributed by atoms with van der Waals surface area (Å²) in [6.45, 7) is 7.26. The fourth-order valence-electron chi connectivity index (χ4n) is 2.94. The van der Waals surface area contributed by atoms with E-state index in [4.69, 9.17) is 4.98 Å². The molecule has 1 aromatic heterocycles. The first-order valence-electron chi connectivity index (χ1n) is 7.35. The number of hydrogen-bond acceptors (Lipinski definition) is 3. The van der Waals surface area contributed by atoms with Crippen molar-refractivity contribution >= 4 is 5.91 Å². The average Bonchev–Trinajstić information content (AvgIpc) is 2.90. The van der Waals surface area contributed by atoms with Crippen molar-refractivity contribution in [3.05, 3.63) is 36.2 Å². The Hall–Kier alpha value is -2.17. The van der Waals surface area contributed by atoms with Crippen LogP contribution < -0.4 is 0 Å². The minimum Gasteiger partial charge on any atom is -0.331 e. The van der Waals surface area contributed by atoms with Gasteiger partial charge in [0, 0.05) is 19.0 Å². The van der Waals surface area contributed by atoms with E-state index in [1.807, 2.05) is 39.9 Å². The molecule has 0 saturated heterocycles. The molecule has 0 N–H and O–H groups in total. The molecule has 2 heterocycles. The van der Waals surface area contributed by atoms with E-state index in [0.29, 0.717) is 19.0 Å². The molecule has 5 heteroatoms. The molecule has 0 aliphatic carbocycles. The van der Waals surface area contributed by atoms with Crippen LogP contribution in [0, 0.1) is 5.92 Å². The standard InChI is InChI=1S/C16H20N4O/c1-11(2)14-16-17-15(13-7-5-4-6-8-13)18-20(16)10-9-19(14)12(3)21/h4-8,11,14H,9-10H2,1-3H3/t14-/m0/s1. The van der Waals surface area contributed by atoms with Crippen molar-refractivity contribution in [2.45, 2.75) is 33.4 Å². The molecule has 0 unspecified atom stereocenters. The summed E-state index contributed by atoms with van der Waals surface area (Å²) < 4.78 is 1.95. The zero-order chi connectivity index (χ0) is 15.0. The number of rotatable bonds is 2. The largest absolute Gasteiger partial charge is 0.331 e. The second-order valence-electron chi connectivity index (χ2n) is 5.78. The predicted octanol–water partition coefficient (Wildman–Crippen LogP) is 2.50. The van der Waals surface area contributed by atoms with E-state index in [1.54, 1.807) is 6.92 Å². The summed E-state index contributed by atoms with van der Waals surface area (Å²) in [5, 5.41) is 4.62. The van der Waals surface area contributed by atoms with Crippen molar-refractivity contribution in [3.8, 4) is 11.4 Å². The highest BCUT2D eigenvalue weighted by molar-refractivity contribution is 5.74. The summed E-state index contributed by atoms with van der Waals surface area (Å²) in [6, 6.07) is 9.96. The molecule has 0 bridgehead atoms. The van der Waals surface area contributed by atoms with E-state index in [0.717, 1.165) is 17.2 Å². The minimum absolute atomic E-state index is 0.00112. The van der Waals surface area contributed by atoms with Gasteiger partial charge in [-0.25, -0.2) is 9.67 Å². The number of carbonyl (C=O) groups excluding carboxylic acids is 1. The molecule has 0 spiro atoms. The lowest BCUT2D eigenvalue weighted by molar-refractivity contribution is -0.133. The molecule has 1 atom stereocenters. The fraction of sp³-hybridized carbons (Fsp3) is 0.438. The zero-order valence-electron chi connectivity index (χ0n) is 12.7. The minimum atomic E-state index is 0.00112.